The first-order valence-corrected chi connectivity index (χ1v) is 8.86. The van der Waals surface area contributed by atoms with Crippen LogP contribution in [0.5, 0.6) is 0 Å². The maximum absolute atomic E-state index is 13.4. The lowest BCUT2D eigenvalue weighted by atomic mass is 9.92. The number of nitrogens with zero attached hydrogens (tertiary/aromatic N) is 3. The van der Waals surface area contributed by atoms with E-state index in [4.69, 9.17) is 9.26 Å². The Balaban J connectivity index is 1.31. The van der Waals surface area contributed by atoms with Crippen LogP contribution in [0.25, 0.3) is 11.4 Å². The van der Waals surface area contributed by atoms with E-state index in [9.17, 15) is 8.78 Å². The molecule has 0 amide bonds. The Morgan fingerprint density at radius 1 is 1.11 bits per heavy atom. The maximum atomic E-state index is 13.4. The lowest BCUT2D eigenvalue weighted by Crippen LogP contribution is -2.30. The Hall–Kier alpha value is -2.64. The van der Waals surface area contributed by atoms with Crippen LogP contribution in [-0.2, 0) is 23.5 Å². The van der Waals surface area contributed by atoms with Gasteiger partial charge in [0, 0.05) is 18.7 Å². The van der Waals surface area contributed by atoms with Crippen molar-refractivity contribution in [2.75, 3.05) is 13.1 Å². The molecule has 1 spiro atoms. The van der Waals surface area contributed by atoms with Gasteiger partial charge in [-0.25, -0.2) is 8.78 Å². The van der Waals surface area contributed by atoms with Crippen molar-refractivity contribution in [3.05, 3.63) is 71.1 Å². The molecule has 0 saturated carbocycles. The molecule has 27 heavy (non-hydrogen) atoms. The van der Waals surface area contributed by atoms with Crippen molar-refractivity contribution in [1.82, 2.24) is 15.0 Å². The number of aromatic nitrogens is 2. The smallest absolute Gasteiger partial charge is 0.241 e. The Bertz CT molecular complexity index is 1010. The molecule has 3 aromatic rings. The van der Waals surface area contributed by atoms with E-state index in [1.807, 2.05) is 12.1 Å². The molecule has 2 aliphatic rings. The van der Waals surface area contributed by atoms with Crippen molar-refractivity contribution in [3.63, 3.8) is 0 Å². The summed E-state index contributed by atoms with van der Waals surface area (Å²) < 4.78 is 38.0. The minimum atomic E-state index is -0.933. The van der Waals surface area contributed by atoms with Gasteiger partial charge in [-0.05, 0) is 35.7 Å². The van der Waals surface area contributed by atoms with E-state index in [0.717, 1.165) is 31.6 Å². The Morgan fingerprint density at radius 3 is 2.89 bits per heavy atom. The van der Waals surface area contributed by atoms with Crippen LogP contribution in [0.2, 0.25) is 0 Å². The van der Waals surface area contributed by atoms with Crippen LogP contribution in [-0.4, -0.2) is 28.1 Å². The van der Waals surface area contributed by atoms with E-state index in [2.05, 4.69) is 27.2 Å². The second-order valence-corrected chi connectivity index (χ2v) is 7.04. The molecule has 0 bridgehead atoms. The molecule has 1 aromatic heterocycles. The monoisotopic (exact) mass is 369 g/mol. The molecule has 1 unspecified atom stereocenters. The lowest BCUT2D eigenvalue weighted by molar-refractivity contribution is -0.0303. The second kappa shape index (κ2) is 6.21. The van der Waals surface area contributed by atoms with E-state index in [1.165, 1.54) is 17.2 Å². The van der Waals surface area contributed by atoms with Crippen molar-refractivity contribution < 1.29 is 18.0 Å². The largest absolute Gasteiger partial charge is 0.364 e. The fraction of sp³-hybridized carbons (Fsp3) is 0.300. The van der Waals surface area contributed by atoms with E-state index in [-0.39, 0.29) is 11.4 Å². The van der Waals surface area contributed by atoms with Crippen LogP contribution in [0, 0.1) is 11.6 Å². The number of rotatable bonds is 3. The Kier molecular flexibility index (Phi) is 3.80. The predicted octanol–water partition coefficient (Wildman–Crippen LogP) is 3.65. The molecular formula is C20H17F2N3O2. The van der Waals surface area contributed by atoms with Gasteiger partial charge in [0.1, 0.15) is 5.60 Å². The first-order valence-electron chi connectivity index (χ1n) is 8.86. The Labute approximate surface area is 154 Å². The van der Waals surface area contributed by atoms with Crippen LogP contribution in [0.15, 0.2) is 47.0 Å². The summed E-state index contributed by atoms with van der Waals surface area (Å²) in [6, 6.07) is 11.9. The number of ether oxygens (including phenoxy) is 1. The average Bonchev–Trinajstić information content (AvgIpc) is 3.39. The maximum Gasteiger partial charge on any atom is 0.241 e. The molecule has 0 radical (unpaired) electrons. The van der Waals surface area contributed by atoms with Gasteiger partial charge >= 0.3 is 0 Å². The number of hydrogen-bond acceptors (Lipinski definition) is 5. The molecule has 5 rings (SSSR count). The van der Waals surface area contributed by atoms with Gasteiger partial charge in [0.05, 0.1) is 13.2 Å². The third-order valence-corrected chi connectivity index (χ3v) is 5.33. The standard InChI is InChI=1S/C20H17F2N3O2/c21-16-6-5-13(9-17(16)22)19-23-18(27-24-19)10-25-8-7-20(12-25)15-4-2-1-3-14(15)11-26-20/h1-6,9H,7-8,10-12H2. The molecule has 0 aliphatic carbocycles. The summed E-state index contributed by atoms with van der Waals surface area (Å²) in [4.78, 5) is 6.54. The first-order chi connectivity index (χ1) is 13.1. The fourth-order valence-electron chi connectivity index (χ4n) is 3.98. The molecule has 5 nitrogen and oxygen atoms in total. The van der Waals surface area contributed by atoms with Crippen LogP contribution >= 0.6 is 0 Å². The van der Waals surface area contributed by atoms with Crippen molar-refractivity contribution >= 4 is 0 Å². The summed E-state index contributed by atoms with van der Waals surface area (Å²) in [6.07, 6.45) is 0.911. The van der Waals surface area contributed by atoms with Crippen LogP contribution in [0.1, 0.15) is 23.4 Å². The van der Waals surface area contributed by atoms with Gasteiger partial charge in [-0.15, -0.1) is 0 Å². The summed E-state index contributed by atoms with van der Waals surface area (Å²) in [5.74, 6) is -1.14. The number of halogens is 2. The van der Waals surface area contributed by atoms with Gasteiger partial charge in [-0.1, -0.05) is 29.4 Å². The van der Waals surface area contributed by atoms with Gasteiger partial charge < -0.3 is 9.26 Å². The molecule has 1 atom stereocenters. The molecule has 2 aliphatic heterocycles. The highest BCUT2D eigenvalue weighted by atomic mass is 19.2. The first kappa shape index (κ1) is 16.5. The highest BCUT2D eigenvalue weighted by Gasteiger charge is 2.45. The third-order valence-electron chi connectivity index (χ3n) is 5.33. The molecular weight excluding hydrogens is 352 g/mol. The van der Waals surface area contributed by atoms with Crippen molar-refractivity contribution in [1.29, 1.82) is 0 Å². The number of hydrogen-bond donors (Lipinski definition) is 0. The summed E-state index contributed by atoms with van der Waals surface area (Å²) in [6.45, 7) is 2.75. The lowest BCUT2D eigenvalue weighted by Gasteiger charge is -2.24. The predicted molar refractivity (Wildman–Crippen MR) is 92.5 cm³/mol. The van der Waals surface area contributed by atoms with Gasteiger partial charge in [-0.2, -0.15) is 4.98 Å². The van der Waals surface area contributed by atoms with E-state index < -0.39 is 11.6 Å². The topological polar surface area (TPSA) is 51.4 Å². The minimum Gasteiger partial charge on any atom is -0.364 e. The minimum absolute atomic E-state index is 0.250. The van der Waals surface area contributed by atoms with Crippen molar-refractivity contribution in [2.45, 2.75) is 25.2 Å². The van der Waals surface area contributed by atoms with Crippen molar-refractivity contribution in [2.24, 2.45) is 0 Å². The summed E-state index contributed by atoms with van der Waals surface area (Å²) in [5, 5.41) is 3.89. The SMILES string of the molecule is Fc1ccc(-c2noc(CN3CCC4(C3)OCc3ccccc34)n2)cc1F. The van der Waals surface area contributed by atoms with Crippen LogP contribution in [0.4, 0.5) is 8.78 Å². The van der Waals surface area contributed by atoms with Gasteiger partial charge in [-0.3, -0.25) is 4.90 Å². The van der Waals surface area contributed by atoms with Gasteiger partial charge in [0.2, 0.25) is 11.7 Å². The fourth-order valence-corrected chi connectivity index (χ4v) is 3.98. The Morgan fingerprint density at radius 2 is 2.00 bits per heavy atom. The molecule has 0 N–H and O–H groups in total. The zero-order valence-corrected chi connectivity index (χ0v) is 14.5. The normalized spacial score (nSPS) is 21.9. The molecule has 7 heteroatoms. The average molecular weight is 369 g/mol. The van der Waals surface area contributed by atoms with E-state index in [0.29, 0.717) is 24.6 Å². The second-order valence-electron chi connectivity index (χ2n) is 7.04. The quantitative estimate of drug-likeness (QED) is 0.705. The van der Waals surface area contributed by atoms with Crippen LogP contribution in [0.3, 0.4) is 0 Å². The number of benzene rings is 2. The zero-order valence-electron chi connectivity index (χ0n) is 14.5. The molecule has 3 heterocycles. The summed E-state index contributed by atoms with van der Waals surface area (Å²) in [7, 11) is 0. The van der Waals surface area contributed by atoms with Crippen molar-refractivity contribution in [3.8, 4) is 11.4 Å². The zero-order chi connectivity index (χ0) is 18.4. The van der Waals surface area contributed by atoms with E-state index >= 15 is 0 Å². The summed E-state index contributed by atoms with van der Waals surface area (Å²) >= 11 is 0. The van der Waals surface area contributed by atoms with E-state index in [1.54, 1.807) is 0 Å². The molecule has 2 aromatic carbocycles. The number of fused-ring (bicyclic) bond motifs is 2. The highest BCUT2D eigenvalue weighted by molar-refractivity contribution is 5.54. The van der Waals surface area contributed by atoms with Gasteiger partial charge in [0.25, 0.3) is 0 Å². The molecule has 1 saturated heterocycles. The molecule has 138 valence electrons. The van der Waals surface area contributed by atoms with Crippen LogP contribution < -0.4 is 0 Å². The highest BCUT2D eigenvalue weighted by Crippen LogP contribution is 2.43. The van der Waals surface area contributed by atoms with Gasteiger partial charge in [0.15, 0.2) is 11.6 Å². The third kappa shape index (κ3) is 2.83. The summed E-state index contributed by atoms with van der Waals surface area (Å²) in [5.41, 5.74) is 2.63. The number of likely N-dealkylation sites (tertiary alicyclic amines) is 1. The molecule has 1 fully saturated rings.